The molecule has 0 bridgehead atoms. The highest BCUT2D eigenvalue weighted by Crippen LogP contribution is 2.19. The van der Waals surface area contributed by atoms with Crippen molar-refractivity contribution in [2.24, 2.45) is 5.73 Å². The third kappa shape index (κ3) is 5.31. The molecule has 0 unspecified atom stereocenters. The van der Waals surface area contributed by atoms with Crippen molar-refractivity contribution in [3.63, 3.8) is 0 Å². The van der Waals surface area contributed by atoms with Gasteiger partial charge in [0.05, 0.1) is 6.54 Å². The minimum Gasteiger partial charge on any atom is -0.370 e. The Labute approximate surface area is 146 Å². The van der Waals surface area contributed by atoms with Gasteiger partial charge >= 0.3 is 0 Å². The highest BCUT2D eigenvalue weighted by atomic mass is 19.1. The molecular formula is C19H22FN3O2. The van der Waals surface area contributed by atoms with Gasteiger partial charge in [0, 0.05) is 24.3 Å². The van der Waals surface area contributed by atoms with Crippen molar-refractivity contribution in [3.8, 4) is 0 Å². The monoisotopic (exact) mass is 343 g/mol. The first-order valence-electron chi connectivity index (χ1n) is 8.01. The van der Waals surface area contributed by atoms with Gasteiger partial charge in [-0.2, -0.15) is 0 Å². The lowest BCUT2D eigenvalue weighted by Gasteiger charge is -2.24. The summed E-state index contributed by atoms with van der Waals surface area (Å²) in [6, 6.07) is 11.5. The second-order valence-electron chi connectivity index (χ2n) is 5.91. The highest BCUT2D eigenvalue weighted by molar-refractivity contribution is 5.95. The number of nitrogens with zero attached hydrogens (tertiary/aromatic N) is 1. The molecule has 0 aliphatic heterocycles. The van der Waals surface area contributed by atoms with E-state index in [9.17, 15) is 14.0 Å². The summed E-state index contributed by atoms with van der Waals surface area (Å²) < 4.78 is 13.1. The minimum atomic E-state index is -0.456. The van der Waals surface area contributed by atoms with Crippen LogP contribution >= 0.6 is 0 Å². The van der Waals surface area contributed by atoms with Gasteiger partial charge in [0.25, 0.3) is 0 Å². The molecule has 0 aliphatic carbocycles. The van der Waals surface area contributed by atoms with E-state index < -0.39 is 5.91 Å². The standard InChI is InChI=1S/C19H22FN3O2/c1-13-4-3-5-17(14(13)2)22-19(25)12-23(11-10-18(21)24)16-8-6-15(20)7-9-16/h3-9H,10-12H2,1-2H3,(H2,21,24)(H,22,25). The van der Waals surface area contributed by atoms with E-state index in [1.165, 1.54) is 12.1 Å². The summed E-state index contributed by atoms with van der Waals surface area (Å²) in [6.07, 6.45) is 0.105. The number of carbonyl (C=O) groups is 2. The fourth-order valence-electron chi connectivity index (χ4n) is 2.45. The molecule has 132 valence electrons. The molecule has 0 atom stereocenters. The topological polar surface area (TPSA) is 75.4 Å². The van der Waals surface area contributed by atoms with Gasteiger partial charge in [-0.15, -0.1) is 0 Å². The van der Waals surface area contributed by atoms with Crippen LogP contribution in [0.25, 0.3) is 0 Å². The van der Waals surface area contributed by atoms with Crippen LogP contribution in [-0.4, -0.2) is 24.9 Å². The van der Waals surface area contributed by atoms with Gasteiger partial charge in [-0.3, -0.25) is 9.59 Å². The number of hydrogen-bond acceptors (Lipinski definition) is 3. The predicted molar refractivity (Wildman–Crippen MR) is 97.0 cm³/mol. The zero-order valence-electron chi connectivity index (χ0n) is 14.4. The van der Waals surface area contributed by atoms with Crippen LogP contribution in [0.2, 0.25) is 0 Å². The molecule has 6 heteroatoms. The van der Waals surface area contributed by atoms with Gasteiger partial charge in [0.1, 0.15) is 5.82 Å². The molecular weight excluding hydrogens is 321 g/mol. The Bertz CT molecular complexity index is 760. The highest BCUT2D eigenvalue weighted by Gasteiger charge is 2.14. The molecule has 0 saturated carbocycles. The average Bonchev–Trinajstić information content (AvgIpc) is 2.56. The van der Waals surface area contributed by atoms with Crippen molar-refractivity contribution >= 4 is 23.2 Å². The summed E-state index contributed by atoms with van der Waals surface area (Å²) in [4.78, 5) is 25.2. The average molecular weight is 343 g/mol. The Morgan fingerprint density at radius 1 is 1.12 bits per heavy atom. The lowest BCUT2D eigenvalue weighted by Crippen LogP contribution is -2.35. The lowest BCUT2D eigenvalue weighted by atomic mass is 10.1. The number of rotatable bonds is 7. The van der Waals surface area contributed by atoms with E-state index in [2.05, 4.69) is 5.32 Å². The van der Waals surface area contributed by atoms with Crippen molar-refractivity contribution in [3.05, 3.63) is 59.4 Å². The van der Waals surface area contributed by atoms with Gasteiger partial charge < -0.3 is 16.0 Å². The minimum absolute atomic E-state index is 0.0340. The van der Waals surface area contributed by atoms with E-state index in [-0.39, 0.29) is 31.2 Å². The quantitative estimate of drug-likeness (QED) is 0.812. The van der Waals surface area contributed by atoms with E-state index in [4.69, 9.17) is 5.73 Å². The molecule has 2 rings (SSSR count). The van der Waals surface area contributed by atoms with Crippen LogP contribution in [0.1, 0.15) is 17.5 Å². The van der Waals surface area contributed by atoms with Crippen molar-refractivity contribution in [2.75, 3.05) is 23.3 Å². The number of anilines is 2. The first-order chi connectivity index (χ1) is 11.9. The first kappa shape index (κ1) is 18.4. The molecule has 5 nitrogen and oxygen atoms in total. The Hall–Kier alpha value is -2.89. The van der Waals surface area contributed by atoms with Crippen LogP contribution < -0.4 is 16.0 Å². The molecule has 25 heavy (non-hydrogen) atoms. The Morgan fingerprint density at radius 2 is 1.80 bits per heavy atom. The summed E-state index contributed by atoms with van der Waals surface area (Å²) in [5, 5.41) is 2.88. The number of benzene rings is 2. The van der Waals surface area contributed by atoms with E-state index >= 15 is 0 Å². The third-order valence-electron chi connectivity index (χ3n) is 4.03. The van der Waals surface area contributed by atoms with Gasteiger partial charge in [0.15, 0.2) is 0 Å². The Morgan fingerprint density at radius 3 is 2.44 bits per heavy atom. The molecule has 2 aromatic rings. The van der Waals surface area contributed by atoms with Crippen molar-refractivity contribution < 1.29 is 14.0 Å². The molecule has 0 radical (unpaired) electrons. The zero-order valence-corrected chi connectivity index (χ0v) is 14.4. The second-order valence-corrected chi connectivity index (χ2v) is 5.91. The van der Waals surface area contributed by atoms with E-state index in [0.717, 1.165) is 16.8 Å². The fraction of sp³-hybridized carbons (Fsp3) is 0.263. The third-order valence-corrected chi connectivity index (χ3v) is 4.03. The normalized spacial score (nSPS) is 10.4. The predicted octanol–water partition coefficient (Wildman–Crippen LogP) is 2.76. The number of nitrogens with two attached hydrogens (primary N) is 1. The molecule has 0 fully saturated rings. The molecule has 0 heterocycles. The molecule has 0 spiro atoms. The summed E-state index contributed by atoms with van der Waals surface area (Å²) in [6.45, 7) is 4.23. The lowest BCUT2D eigenvalue weighted by molar-refractivity contribution is -0.118. The van der Waals surface area contributed by atoms with Crippen LogP contribution in [0.15, 0.2) is 42.5 Å². The van der Waals surface area contributed by atoms with Crippen LogP contribution in [0.5, 0.6) is 0 Å². The van der Waals surface area contributed by atoms with Gasteiger partial charge in [0.2, 0.25) is 11.8 Å². The van der Waals surface area contributed by atoms with Crippen LogP contribution in [-0.2, 0) is 9.59 Å². The maximum absolute atomic E-state index is 13.1. The van der Waals surface area contributed by atoms with Crippen molar-refractivity contribution in [1.29, 1.82) is 0 Å². The molecule has 0 aromatic heterocycles. The SMILES string of the molecule is Cc1cccc(NC(=O)CN(CCC(N)=O)c2ccc(F)cc2)c1C. The number of hydrogen-bond donors (Lipinski definition) is 2. The maximum Gasteiger partial charge on any atom is 0.243 e. The maximum atomic E-state index is 13.1. The molecule has 0 saturated heterocycles. The second kappa shape index (κ2) is 8.28. The van der Waals surface area contributed by atoms with Gasteiger partial charge in [-0.05, 0) is 55.3 Å². The van der Waals surface area contributed by atoms with Crippen LogP contribution in [0, 0.1) is 19.7 Å². The number of carbonyl (C=O) groups excluding carboxylic acids is 2. The Balaban J connectivity index is 2.11. The van der Waals surface area contributed by atoms with Gasteiger partial charge in [-0.1, -0.05) is 12.1 Å². The summed E-state index contributed by atoms with van der Waals surface area (Å²) in [5.41, 5.74) is 8.69. The summed E-state index contributed by atoms with van der Waals surface area (Å²) in [5.74, 6) is -1.04. The largest absolute Gasteiger partial charge is 0.370 e. The number of halogens is 1. The summed E-state index contributed by atoms with van der Waals surface area (Å²) in [7, 11) is 0. The molecule has 2 aromatic carbocycles. The fourth-order valence-corrected chi connectivity index (χ4v) is 2.45. The number of amides is 2. The van der Waals surface area contributed by atoms with Gasteiger partial charge in [-0.25, -0.2) is 4.39 Å². The molecule has 3 N–H and O–H groups in total. The Kier molecular flexibility index (Phi) is 6.11. The van der Waals surface area contributed by atoms with Crippen molar-refractivity contribution in [2.45, 2.75) is 20.3 Å². The van der Waals surface area contributed by atoms with Crippen LogP contribution in [0.3, 0.4) is 0 Å². The van der Waals surface area contributed by atoms with Crippen LogP contribution in [0.4, 0.5) is 15.8 Å². The molecule has 2 amide bonds. The first-order valence-corrected chi connectivity index (χ1v) is 8.01. The number of nitrogens with one attached hydrogen (secondary N) is 1. The van der Waals surface area contributed by atoms with E-state index in [1.807, 2.05) is 32.0 Å². The van der Waals surface area contributed by atoms with Crippen molar-refractivity contribution in [1.82, 2.24) is 0 Å². The number of primary amides is 1. The van der Waals surface area contributed by atoms with E-state index in [1.54, 1.807) is 17.0 Å². The summed E-state index contributed by atoms with van der Waals surface area (Å²) >= 11 is 0. The molecule has 0 aliphatic rings. The number of aryl methyl sites for hydroxylation is 1. The zero-order chi connectivity index (χ0) is 18.4. The smallest absolute Gasteiger partial charge is 0.243 e. The van der Waals surface area contributed by atoms with E-state index in [0.29, 0.717) is 5.69 Å².